The highest BCUT2D eigenvalue weighted by Crippen LogP contribution is 2.35. The summed E-state index contributed by atoms with van der Waals surface area (Å²) in [5.74, 6) is -0.178. The quantitative estimate of drug-likeness (QED) is 0.643. The van der Waals surface area contributed by atoms with Gasteiger partial charge in [-0.25, -0.2) is 0 Å². The van der Waals surface area contributed by atoms with Gasteiger partial charge in [-0.15, -0.1) is 0 Å². The monoisotopic (exact) mass is 417 g/mol. The van der Waals surface area contributed by atoms with Crippen LogP contribution in [0.1, 0.15) is 33.6 Å². The molecule has 4 rings (SSSR count). The molecule has 2 heterocycles. The number of amides is 1. The fourth-order valence-corrected chi connectivity index (χ4v) is 4.33. The Morgan fingerprint density at radius 1 is 1.26 bits per heavy atom. The molecular formula is C25H27N3O3. The number of aryl methyl sites for hydroxylation is 1. The van der Waals surface area contributed by atoms with E-state index in [0.29, 0.717) is 30.7 Å². The number of pyridine rings is 1. The number of rotatable bonds is 5. The lowest BCUT2D eigenvalue weighted by molar-refractivity contribution is -0.0523. The predicted octanol–water partition coefficient (Wildman–Crippen LogP) is 3.69. The smallest absolute Gasteiger partial charge is 0.256 e. The summed E-state index contributed by atoms with van der Waals surface area (Å²) in [5, 5.41) is 12.3. The first-order valence-electron chi connectivity index (χ1n) is 10.5. The molecule has 1 aromatic heterocycles. The van der Waals surface area contributed by atoms with Gasteiger partial charge in [0.25, 0.3) is 5.91 Å². The average molecular weight is 418 g/mol. The molecule has 160 valence electrons. The van der Waals surface area contributed by atoms with E-state index >= 15 is 0 Å². The molecule has 31 heavy (non-hydrogen) atoms. The summed E-state index contributed by atoms with van der Waals surface area (Å²) >= 11 is 0. The van der Waals surface area contributed by atoms with E-state index in [4.69, 9.17) is 4.74 Å². The first kappa shape index (κ1) is 21.2. The topological polar surface area (TPSA) is 75.0 Å². The van der Waals surface area contributed by atoms with E-state index in [1.807, 2.05) is 43.3 Å². The lowest BCUT2D eigenvalue weighted by atomic mass is 9.93. The molecule has 0 radical (unpaired) electrons. The van der Waals surface area contributed by atoms with E-state index in [0.717, 1.165) is 27.6 Å². The van der Waals surface area contributed by atoms with Crippen LogP contribution in [0.2, 0.25) is 0 Å². The summed E-state index contributed by atoms with van der Waals surface area (Å²) < 4.78 is 5.32. The Kier molecular flexibility index (Phi) is 6.11. The number of aliphatic hydroxyl groups is 1. The van der Waals surface area contributed by atoms with Crippen molar-refractivity contribution < 1.29 is 14.6 Å². The third-order valence-corrected chi connectivity index (χ3v) is 6.10. The number of ether oxygens (including phenoxy) is 1. The molecule has 1 aliphatic rings. The average Bonchev–Trinajstić information content (AvgIpc) is 2.79. The van der Waals surface area contributed by atoms with Crippen LogP contribution in [0.4, 0.5) is 5.69 Å². The molecule has 0 saturated carbocycles. The van der Waals surface area contributed by atoms with Gasteiger partial charge in [0.05, 0.1) is 30.0 Å². The van der Waals surface area contributed by atoms with Gasteiger partial charge in [0.2, 0.25) is 0 Å². The Balaban J connectivity index is 1.82. The molecule has 6 heteroatoms. The van der Waals surface area contributed by atoms with E-state index in [-0.39, 0.29) is 18.6 Å². The molecule has 1 unspecified atom stereocenters. The fourth-order valence-electron chi connectivity index (χ4n) is 4.33. The summed E-state index contributed by atoms with van der Waals surface area (Å²) in [6.45, 7) is 6.49. The number of carbonyl (C=O) groups is 1. The Morgan fingerprint density at radius 2 is 2.03 bits per heavy atom. The molecule has 0 bridgehead atoms. The first-order chi connectivity index (χ1) is 15.0. The van der Waals surface area contributed by atoms with Crippen molar-refractivity contribution >= 4 is 29.1 Å². The maximum absolute atomic E-state index is 13.6. The van der Waals surface area contributed by atoms with Gasteiger partial charge in [-0.05, 0) is 55.1 Å². The van der Waals surface area contributed by atoms with Gasteiger partial charge in [-0.3, -0.25) is 14.8 Å². The molecule has 3 aromatic rings. The van der Waals surface area contributed by atoms with Crippen LogP contribution in [-0.4, -0.2) is 60.0 Å². The standard InChI is InChI=1S/C25H27N3O3/c1-16-17(7-6-11-27-16)13-18-14-21(24(26-2)20-9-5-4-8-19(18)20)25(30)28(3)22-10-12-31-15-23(22)29/h4-9,11,14,22-23,29H,2,10,12-13,15H2,1,3H3/t22?,23-/m0/s1. The van der Waals surface area contributed by atoms with Gasteiger partial charge in [0, 0.05) is 30.9 Å². The minimum absolute atomic E-state index is 0.178. The minimum Gasteiger partial charge on any atom is -0.389 e. The summed E-state index contributed by atoms with van der Waals surface area (Å²) in [7, 11) is 1.73. The zero-order valence-corrected chi connectivity index (χ0v) is 17.9. The number of carbonyl (C=O) groups excluding carboxylic acids is 1. The van der Waals surface area contributed by atoms with Crippen molar-refractivity contribution in [3.05, 3.63) is 71.0 Å². The number of hydrogen-bond donors (Lipinski definition) is 1. The molecule has 6 nitrogen and oxygen atoms in total. The molecule has 2 atom stereocenters. The Morgan fingerprint density at radius 3 is 2.74 bits per heavy atom. The van der Waals surface area contributed by atoms with Gasteiger partial charge in [-0.1, -0.05) is 30.3 Å². The van der Waals surface area contributed by atoms with Gasteiger partial charge in [0.1, 0.15) is 0 Å². The van der Waals surface area contributed by atoms with Crippen LogP contribution < -0.4 is 0 Å². The van der Waals surface area contributed by atoms with Crippen LogP contribution in [-0.2, 0) is 11.2 Å². The second-order valence-corrected chi connectivity index (χ2v) is 7.97. The van der Waals surface area contributed by atoms with Gasteiger partial charge in [-0.2, -0.15) is 0 Å². The van der Waals surface area contributed by atoms with Crippen LogP contribution in [0.15, 0.2) is 53.7 Å². The zero-order chi connectivity index (χ0) is 22.0. The van der Waals surface area contributed by atoms with Gasteiger partial charge < -0.3 is 14.7 Å². The number of likely N-dealkylation sites (N-methyl/N-ethyl adjacent to an activating group) is 1. The minimum atomic E-state index is -0.708. The number of nitrogens with zero attached hydrogens (tertiary/aromatic N) is 3. The van der Waals surface area contributed by atoms with E-state index in [1.165, 1.54) is 0 Å². The van der Waals surface area contributed by atoms with Gasteiger partial charge >= 0.3 is 0 Å². The fraction of sp³-hybridized carbons (Fsp3) is 0.320. The van der Waals surface area contributed by atoms with Crippen LogP contribution in [0.5, 0.6) is 0 Å². The van der Waals surface area contributed by atoms with Crippen molar-refractivity contribution in [2.45, 2.75) is 31.9 Å². The van der Waals surface area contributed by atoms with E-state index in [1.54, 1.807) is 18.1 Å². The predicted molar refractivity (Wildman–Crippen MR) is 122 cm³/mol. The number of aliphatic imine (C=N–C) groups is 1. The third-order valence-electron chi connectivity index (χ3n) is 6.10. The molecule has 1 amide bonds. The van der Waals surface area contributed by atoms with Crippen LogP contribution in [0.3, 0.4) is 0 Å². The van der Waals surface area contributed by atoms with Crippen molar-refractivity contribution in [3.8, 4) is 0 Å². The summed E-state index contributed by atoms with van der Waals surface area (Å²) in [6.07, 6.45) is 2.32. The van der Waals surface area contributed by atoms with E-state index in [2.05, 4.69) is 22.8 Å². The van der Waals surface area contributed by atoms with E-state index < -0.39 is 6.10 Å². The number of aliphatic hydroxyl groups excluding tert-OH is 1. The van der Waals surface area contributed by atoms with Crippen LogP contribution in [0, 0.1) is 6.92 Å². The lowest BCUT2D eigenvalue weighted by Crippen LogP contribution is -2.49. The lowest BCUT2D eigenvalue weighted by Gasteiger charge is -2.35. The molecule has 2 aromatic carbocycles. The van der Waals surface area contributed by atoms with Crippen LogP contribution >= 0.6 is 0 Å². The second-order valence-electron chi connectivity index (χ2n) is 7.97. The number of fused-ring (bicyclic) bond motifs is 1. The first-order valence-corrected chi connectivity index (χ1v) is 10.5. The molecule has 0 spiro atoms. The van der Waals surface area contributed by atoms with Crippen LogP contribution in [0.25, 0.3) is 10.8 Å². The van der Waals surface area contributed by atoms with Gasteiger partial charge in [0.15, 0.2) is 0 Å². The maximum Gasteiger partial charge on any atom is 0.256 e. The highest BCUT2D eigenvalue weighted by molar-refractivity contribution is 6.09. The van der Waals surface area contributed by atoms with Crippen molar-refractivity contribution in [1.82, 2.24) is 9.88 Å². The third kappa shape index (κ3) is 4.09. The molecule has 1 fully saturated rings. The number of hydrogen-bond acceptors (Lipinski definition) is 5. The van der Waals surface area contributed by atoms with Crippen molar-refractivity contribution in [3.63, 3.8) is 0 Å². The van der Waals surface area contributed by atoms with Crippen molar-refractivity contribution in [2.24, 2.45) is 4.99 Å². The maximum atomic E-state index is 13.6. The molecule has 1 N–H and O–H groups in total. The number of benzene rings is 2. The molecular weight excluding hydrogens is 390 g/mol. The molecule has 1 saturated heterocycles. The second kappa shape index (κ2) is 8.96. The SMILES string of the molecule is C=Nc1c(C(=O)N(C)C2CCOC[C@@H]2O)cc(Cc2cccnc2C)c2ccccc12. The zero-order valence-electron chi connectivity index (χ0n) is 17.9. The normalized spacial score (nSPS) is 18.7. The Hall–Kier alpha value is -3.09. The summed E-state index contributed by atoms with van der Waals surface area (Å²) in [4.78, 5) is 23.8. The Labute approximate surface area is 182 Å². The highest BCUT2D eigenvalue weighted by atomic mass is 16.5. The highest BCUT2D eigenvalue weighted by Gasteiger charge is 2.32. The molecule has 1 aliphatic heterocycles. The molecule has 0 aliphatic carbocycles. The summed E-state index contributed by atoms with van der Waals surface area (Å²) in [5.41, 5.74) is 4.17. The number of aromatic nitrogens is 1. The Bertz CT molecular complexity index is 1130. The van der Waals surface area contributed by atoms with E-state index in [9.17, 15) is 9.90 Å². The summed E-state index contributed by atoms with van der Waals surface area (Å²) in [6, 6.07) is 13.6. The van der Waals surface area contributed by atoms with Crippen molar-refractivity contribution in [2.75, 3.05) is 20.3 Å². The van der Waals surface area contributed by atoms with Crippen molar-refractivity contribution in [1.29, 1.82) is 0 Å². The largest absolute Gasteiger partial charge is 0.389 e.